The third-order valence-electron chi connectivity index (χ3n) is 5.87. The fourth-order valence-electron chi connectivity index (χ4n) is 4.36. The van der Waals surface area contributed by atoms with E-state index in [1.165, 1.54) is 11.8 Å². The van der Waals surface area contributed by atoms with Gasteiger partial charge in [-0.2, -0.15) is 0 Å². The molecule has 0 N–H and O–H groups in total. The summed E-state index contributed by atoms with van der Waals surface area (Å²) < 4.78 is 5.41. The molecule has 3 heterocycles. The standard InChI is InChI=1S/C21H23ClN2O2S/c1-3-13(12-22)14-7-9-24-19(10-14)20(27-21(24)25)16-6-8-23-18-5-4-15(26-2)11-17(16)18/h3-6,8,11,13-14,19-20H,1,7,9-10,12H2,2H3/t13-,14-,19?,20-/m0/s1. The second kappa shape index (κ2) is 7.72. The maximum absolute atomic E-state index is 12.7. The molecule has 2 aliphatic heterocycles. The Hall–Kier alpha value is -1.72. The summed E-state index contributed by atoms with van der Waals surface area (Å²) in [6, 6.07) is 8.15. The van der Waals surface area contributed by atoms with E-state index >= 15 is 0 Å². The zero-order chi connectivity index (χ0) is 19.0. The van der Waals surface area contributed by atoms with Gasteiger partial charge < -0.3 is 9.64 Å². The summed E-state index contributed by atoms with van der Waals surface area (Å²) in [4.78, 5) is 19.2. The molecule has 0 radical (unpaired) electrons. The molecule has 27 heavy (non-hydrogen) atoms. The first-order chi connectivity index (χ1) is 13.2. The van der Waals surface area contributed by atoms with Crippen LogP contribution < -0.4 is 4.74 Å². The van der Waals surface area contributed by atoms with Gasteiger partial charge in [0, 0.05) is 30.0 Å². The van der Waals surface area contributed by atoms with Crippen molar-refractivity contribution in [2.24, 2.45) is 11.8 Å². The maximum Gasteiger partial charge on any atom is 0.282 e. The molecule has 1 aromatic heterocycles. The summed E-state index contributed by atoms with van der Waals surface area (Å²) in [5.74, 6) is 2.16. The van der Waals surface area contributed by atoms with E-state index in [2.05, 4.69) is 11.6 Å². The van der Waals surface area contributed by atoms with Crippen molar-refractivity contribution in [2.45, 2.75) is 24.1 Å². The summed E-state index contributed by atoms with van der Waals surface area (Å²) in [6.45, 7) is 4.75. The fraction of sp³-hybridized carbons (Fsp3) is 0.429. The molecule has 2 saturated heterocycles. The van der Waals surface area contributed by atoms with E-state index in [-0.39, 0.29) is 16.5 Å². The van der Waals surface area contributed by atoms with Gasteiger partial charge in [-0.3, -0.25) is 9.78 Å². The van der Waals surface area contributed by atoms with Crippen LogP contribution in [0, 0.1) is 11.8 Å². The Morgan fingerprint density at radius 1 is 1.48 bits per heavy atom. The average molecular weight is 403 g/mol. The number of nitrogens with zero attached hydrogens (tertiary/aromatic N) is 2. The number of halogens is 1. The second-order valence-electron chi connectivity index (χ2n) is 7.19. The van der Waals surface area contributed by atoms with Crippen LogP contribution in [0.5, 0.6) is 5.75 Å². The summed E-state index contributed by atoms with van der Waals surface area (Å²) in [7, 11) is 1.67. The number of pyridine rings is 1. The molecule has 1 aromatic carbocycles. The molecule has 2 aliphatic rings. The van der Waals surface area contributed by atoms with Crippen molar-refractivity contribution >= 4 is 39.5 Å². The van der Waals surface area contributed by atoms with Crippen LogP contribution in [0.15, 0.2) is 43.1 Å². The number of rotatable bonds is 5. The number of ether oxygens (including phenoxy) is 1. The molecule has 1 unspecified atom stereocenters. The smallest absolute Gasteiger partial charge is 0.282 e. The zero-order valence-corrected chi connectivity index (χ0v) is 16.9. The minimum absolute atomic E-state index is 0.0960. The molecule has 1 amide bonds. The van der Waals surface area contributed by atoms with E-state index in [1.54, 1.807) is 7.11 Å². The molecule has 6 heteroatoms. The number of amides is 1. The number of methoxy groups -OCH3 is 1. The van der Waals surface area contributed by atoms with Crippen molar-refractivity contribution in [1.82, 2.24) is 9.88 Å². The van der Waals surface area contributed by atoms with Gasteiger partial charge in [0.1, 0.15) is 5.75 Å². The first kappa shape index (κ1) is 18.6. The van der Waals surface area contributed by atoms with E-state index in [0.717, 1.165) is 41.6 Å². The van der Waals surface area contributed by atoms with E-state index in [0.29, 0.717) is 17.7 Å². The van der Waals surface area contributed by atoms with Crippen molar-refractivity contribution in [2.75, 3.05) is 19.5 Å². The molecule has 4 nitrogen and oxygen atoms in total. The van der Waals surface area contributed by atoms with Gasteiger partial charge in [0.15, 0.2) is 0 Å². The summed E-state index contributed by atoms with van der Waals surface area (Å²) >= 11 is 7.60. The van der Waals surface area contributed by atoms with Gasteiger partial charge >= 0.3 is 0 Å². The van der Waals surface area contributed by atoms with E-state index in [4.69, 9.17) is 16.3 Å². The lowest BCUT2D eigenvalue weighted by Crippen LogP contribution is -2.43. The Morgan fingerprint density at radius 2 is 2.33 bits per heavy atom. The molecule has 0 bridgehead atoms. The van der Waals surface area contributed by atoms with Crippen LogP contribution in [0.2, 0.25) is 0 Å². The number of hydrogen-bond acceptors (Lipinski definition) is 4. The van der Waals surface area contributed by atoms with Crippen LogP contribution in [0.1, 0.15) is 23.7 Å². The van der Waals surface area contributed by atoms with E-state index in [9.17, 15) is 4.79 Å². The number of hydrogen-bond donors (Lipinski definition) is 0. The van der Waals surface area contributed by atoms with Crippen LogP contribution in [0.3, 0.4) is 0 Å². The lowest BCUT2D eigenvalue weighted by atomic mass is 9.80. The predicted molar refractivity (Wildman–Crippen MR) is 112 cm³/mol. The van der Waals surface area contributed by atoms with Gasteiger partial charge in [0.05, 0.1) is 17.9 Å². The van der Waals surface area contributed by atoms with Gasteiger partial charge in [-0.05, 0) is 54.5 Å². The number of piperidine rings is 1. The van der Waals surface area contributed by atoms with Gasteiger partial charge in [-0.1, -0.05) is 17.8 Å². The molecule has 2 fully saturated rings. The Bertz CT molecular complexity index is 874. The number of fused-ring (bicyclic) bond motifs is 2. The molecule has 4 atom stereocenters. The molecule has 0 aliphatic carbocycles. The highest BCUT2D eigenvalue weighted by atomic mass is 35.5. The molecule has 0 saturated carbocycles. The van der Waals surface area contributed by atoms with E-state index in [1.807, 2.05) is 41.4 Å². The fourth-order valence-corrected chi connectivity index (χ4v) is 6.06. The average Bonchev–Trinajstić information content (AvgIpc) is 3.04. The van der Waals surface area contributed by atoms with Crippen LogP contribution in [-0.4, -0.2) is 40.7 Å². The predicted octanol–water partition coefficient (Wildman–Crippen LogP) is 5.27. The quantitative estimate of drug-likeness (QED) is 0.504. The normalized spacial score (nSPS) is 26.1. The van der Waals surface area contributed by atoms with Gasteiger partial charge in [-0.25, -0.2) is 0 Å². The number of benzene rings is 1. The molecule has 0 spiro atoms. The molecular weight excluding hydrogens is 380 g/mol. The Labute approximate surface area is 168 Å². The first-order valence-electron chi connectivity index (χ1n) is 9.24. The molecule has 2 aromatic rings. The second-order valence-corrected chi connectivity index (χ2v) is 8.59. The summed E-state index contributed by atoms with van der Waals surface area (Å²) in [5, 5.41) is 1.33. The third kappa shape index (κ3) is 3.32. The van der Waals surface area contributed by atoms with Crippen molar-refractivity contribution in [3.05, 3.63) is 48.7 Å². The van der Waals surface area contributed by atoms with Crippen molar-refractivity contribution in [3.8, 4) is 5.75 Å². The third-order valence-corrected chi connectivity index (χ3v) is 7.49. The van der Waals surface area contributed by atoms with E-state index < -0.39 is 0 Å². The molecular formula is C21H23ClN2O2S. The minimum atomic E-state index is 0.0960. The largest absolute Gasteiger partial charge is 0.497 e. The highest BCUT2D eigenvalue weighted by Gasteiger charge is 2.46. The van der Waals surface area contributed by atoms with Crippen LogP contribution in [0.4, 0.5) is 4.79 Å². The monoisotopic (exact) mass is 402 g/mol. The molecule has 4 rings (SSSR count). The lowest BCUT2D eigenvalue weighted by molar-refractivity contribution is 0.138. The van der Waals surface area contributed by atoms with Crippen LogP contribution in [0.25, 0.3) is 10.9 Å². The Balaban J connectivity index is 1.72. The zero-order valence-electron chi connectivity index (χ0n) is 15.3. The van der Waals surface area contributed by atoms with Crippen LogP contribution in [-0.2, 0) is 0 Å². The summed E-state index contributed by atoms with van der Waals surface area (Å²) in [5.41, 5.74) is 2.09. The number of alkyl halides is 1. The molecule has 142 valence electrons. The maximum atomic E-state index is 12.7. The van der Waals surface area contributed by atoms with Gasteiger partial charge in [-0.15, -0.1) is 18.2 Å². The van der Waals surface area contributed by atoms with Crippen molar-refractivity contribution in [3.63, 3.8) is 0 Å². The number of carbonyl (C=O) groups excluding carboxylic acids is 1. The van der Waals surface area contributed by atoms with Crippen molar-refractivity contribution in [1.29, 1.82) is 0 Å². The SMILES string of the molecule is C=C[C@@H](CCl)[C@H]1CCN2C(=O)S[C@@H](c3ccnc4ccc(OC)cc34)C2C1. The number of thioether (sulfide) groups is 1. The number of allylic oxidation sites excluding steroid dienone is 1. The number of aromatic nitrogens is 1. The minimum Gasteiger partial charge on any atom is -0.497 e. The highest BCUT2D eigenvalue weighted by Crippen LogP contribution is 2.50. The topological polar surface area (TPSA) is 42.4 Å². The lowest BCUT2D eigenvalue weighted by Gasteiger charge is -2.38. The summed E-state index contributed by atoms with van der Waals surface area (Å²) in [6.07, 6.45) is 5.76. The Kier molecular flexibility index (Phi) is 5.33. The number of carbonyl (C=O) groups is 1. The highest BCUT2D eigenvalue weighted by molar-refractivity contribution is 8.14. The van der Waals surface area contributed by atoms with Crippen LogP contribution >= 0.6 is 23.4 Å². The van der Waals surface area contributed by atoms with Crippen molar-refractivity contribution < 1.29 is 9.53 Å². The Morgan fingerprint density at radius 3 is 3.07 bits per heavy atom. The first-order valence-corrected chi connectivity index (χ1v) is 10.7. The van der Waals surface area contributed by atoms with Gasteiger partial charge in [0.2, 0.25) is 0 Å². The van der Waals surface area contributed by atoms with Gasteiger partial charge in [0.25, 0.3) is 5.24 Å².